The van der Waals surface area contributed by atoms with Gasteiger partial charge in [0.1, 0.15) is 5.69 Å². The summed E-state index contributed by atoms with van der Waals surface area (Å²) >= 11 is 0. The lowest BCUT2D eigenvalue weighted by molar-refractivity contribution is 0.0502. The Morgan fingerprint density at radius 3 is 2.79 bits per heavy atom. The molecule has 2 fully saturated rings. The SMILES string of the molecule is Cl.O=C(c1ccn(C2CCCNC2)n1)N(Cc1ccccc1)CC1CCCO1. The van der Waals surface area contributed by atoms with Crippen molar-refractivity contribution in [2.24, 2.45) is 0 Å². The average molecular weight is 405 g/mol. The fourth-order valence-electron chi connectivity index (χ4n) is 3.93. The molecule has 1 aromatic heterocycles. The van der Waals surface area contributed by atoms with Crippen molar-refractivity contribution in [1.29, 1.82) is 0 Å². The number of piperidine rings is 1. The molecule has 1 aromatic carbocycles. The maximum atomic E-state index is 13.2. The molecule has 152 valence electrons. The summed E-state index contributed by atoms with van der Waals surface area (Å²) in [4.78, 5) is 15.1. The van der Waals surface area contributed by atoms with E-state index >= 15 is 0 Å². The second-order valence-electron chi connectivity index (χ2n) is 7.49. The van der Waals surface area contributed by atoms with Crippen LogP contribution in [0.15, 0.2) is 42.6 Å². The monoisotopic (exact) mass is 404 g/mol. The first kappa shape index (κ1) is 20.8. The van der Waals surface area contributed by atoms with Crippen molar-refractivity contribution in [3.8, 4) is 0 Å². The lowest BCUT2D eigenvalue weighted by Crippen LogP contribution is -2.37. The van der Waals surface area contributed by atoms with Gasteiger partial charge in [0.15, 0.2) is 0 Å². The van der Waals surface area contributed by atoms with Crippen LogP contribution in [0, 0.1) is 0 Å². The highest BCUT2D eigenvalue weighted by Crippen LogP contribution is 2.19. The van der Waals surface area contributed by atoms with Gasteiger partial charge in [0, 0.05) is 32.4 Å². The van der Waals surface area contributed by atoms with Gasteiger partial charge in [-0.15, -0.1) is 12.4 Å². The van der Waals surface area contributed by atoms with Gasteiger partial charge in [0.25, 0.3) is 5.91 Å². The summed E-state index contributed by atoms with van der Waals surface area (Å²) in [5, 5.41) is 8.02. The van der Waals surface area contributed by atoms with Crippen LogP contribution in [-0.2, 0) is 11.3 Å². The number of hydrogen-bond donors (Lipinski definition) is 1. The molecule has 2 atom stereocenters. The maximum absolute atomic E-state index is 13.2. The van der Waals surface area contributed by atoms with E-state index in [1.54, 1.807) is 0 Å². The fourth-order valence-corrected chi connectivity index (χ4v) is 3.93. The first-order valence-electron chi connectivity index (χ1n) is 10.0. The Kier molecular flexibility index (Phi) is 7.48. The number of hydrogen-bond acceptors (Lipinski definition) is 4. The van der Waals surface area contributed by atoms with Crippen LogP contribution in [0.3, 0.4) is 0 Å². The number of benzene rings is 1. The third kappa shape index (κ3) is 5.13. The van der Waals surface area contributed by atoms with Gasteiger partial charge in [-0.25, -0.2) is 0 Å². The van der Waals surface area contributed by atoms with Crippen molar-refractivity contribution in [3.63, 3.8) is 0 Å². The van der Waals surface area contributed by atoms with Crippen molar-refractivity contribution in [2.75, 3.05) is 26.2 Å². The molecular formula is C21H29ClN4O2. The smallest absolute Gasteiger partial charge is 0.274 e. The molecule has 2 unspecified atom stereocenters. The second-order valence-corrected chi connectivity index (χ2v) is 7.49. The van der Waals surface area contributed by atoms with E-state index in [1.807, 2.05) is 40.0 Å². The molecule has 0 radical (unpaired) electrons. The lowest BCUT2D eigenvalue weighted by atomic mass is 10.1. The van der Waals surface area contributed by atoms with Crippen LogP contribution in [-0.4, -0.2) is 52.9 Å². The van der Waals surface area contributed by atoms with Crippen molar-refractivity contribution in [3.05, 3.63) is 53.9 Å². The number of nitrogens with one attached hydrogen (secondary N) is 1. The van der Waals surface area contributed by atoms with Crippen LogP contribution >= 0.6 is 12.4 Å². The van der Waals surface area contributed by atoms with Crippen LogP contribution in [0.25, 0.3) is 0 Å². The average Bonchev–Trinajstić information content (AvgIpc) is 3.41. The molecule has 2 aliphatic rings. The molecule has 6 nitrogen and oxygen atoms in total. The highest BCUT2D eigenvalue weighted by molar-refractivity contribution is 5.92. The Morgan fingerprint density at radius 2 is 2.07 bits per heavy atom. The van der Waals surface area contributed by atoms with Crippen molar-refractivity contribution in [1.82, 2.24) is 20.0 Å². The predicted octanol–water partition coefficient (Wildman–Crippen LogP) is 3.05. The molecule has 0 spiro atoms. The maximum Gasteiger partial charge on any atom is 0.274 e. The lowest BCUT2D eigenvalue weighted by Gasteiger charge is -2.25. The zero-order valence-corrected chi connectivity index (χ0v) is 16.9. The minimum atomic E-state index is -0.0168. The summed E-state index contributed by atoms with van der Waals surface area (Å²) in [5.74, 6) is -0.0168. The molecule has 0 aliphatic carbocycles. The molecule has 2 saturated heterocycles. The minimum Gasteiger partial charge on any atom is -0.376 e. The van der Waals surface area contributed by atoms with Crippen LogP contribution in [0.4, 0.5) is 0 Å². The van der Waals surface area contributed by atoms with E-state index in [1.165, 1.54) is 0 Å². The van der Waals surface area contributed by atoms with Crippen molar-refractivity contribution in [2.45, 2.75) is 44.4 Å². The minimum absolute atomic E-state index is 0. The normalized spacial score (nSPS) is 21.9. The predicted molar refractivity (Wildman–Crippen MR) is 111 cm³/mol. The van der Waals surface area contributed by atoms with Gasteiger partial charge in [-0.05, 0) is 43.9 Å². The summed E-state index contributed by atoms with van der Waals surface area (Å²) in [7, 11) is 0. The van der Waals surface area contributed by atoms with Crippen LogP contribution < -0.4 is 5.32 Å². The number of aromatic nitrogens is 2. The van der Waals surface area contributed by atoms with Gasteiger partial charge in [-0.3, -0.25) is 9.48 Å². The molecule has 0 bridgehead atoms. The third-order valence-corrected chi connectivity index (χ3v) is 5.42. The number of carbonyl (C=O) groups excluding carboxylic acids is 1. The molecule has 3 heterocycles. The Morgan fingerprint density at radius 1 is 1.21 bits per heavy atom. The molecular weight excluding hydrogens is 376 g/mol. The van der Waals surface area contributed by atoms with Crippen LogP contribution in [0.1, 0.15) is 47.8 Å². The van der Waals surface area contributed by atoms with E-state index in [0.717, 1.165) is 50.9 Å². The number of halogens is 1. The number of ether oxygens (including phenoxy) is 1. The van der Waals surface area contributed by atoms with Gasteiger partial charge in [-0.2, -0.15) is 5.10 Å². The molecule has 0 saturated carbocycles. The highest BCUT2D eigenvalue weighted by Gasteiger charge is 2.26. The zero-order valence-electron chi connectivity index (χ0n) is 16.1. The van der Waals surface area contributed by atoms with E-state index in [4.69, 9.17) is 4.74 Å². The van der Waals surface area contributed by atoms with Crippen LogP contribution in [0.5, 0.6) is 0 Å². The molecule has 2 aliphatic heterocycles. The molecule has 28 heavy (non-hydrogen) atoms. The van der Waals surface area contributed by atoms with Crippen LogP contribution in [0.2, 0.25) is 0 Å². The molecule has 7 heteroatoms. The summed E-state index contributed by atoms with van der Waals surface area (Å²) in [6.45, 7) is 3.97. The molecule has 2 aromatic rings. The highest BCUT2D eigenvalue weighted by atomic mass is 35.5. The Balaban J connectivity index is 0.00000225. The number of amides is 1. The largest absolute Gasteiger partial charge is 0.376 e. The quantitative estimate of drug-likeness (QED) is 0.803. The van der Waals surface area contributed by atoms with E-state index in [-0.39, 0.29) is 24.4 Å². The van der Waals surface area contributed by atoms with Gasteiger partial charge in [0.05, 0.1) is 12.1 Å². The van der Waals surface area contributed by atoms with E-state index < -0.39 is 0 Å². The van der Waals surface area contributed by atoms with Gasteiger partial charge < -0.3 is 15.0 Å². The van der Waals surface area contributed by atoms with E-state index in [0.29, 0.717) is 24.8 Å². The van der Waals surface area contributed by atoms with Gasteiger partial charge in [-0.1, -0.05) is 30.3 Å². The number of carbonyl (C=O) groups is 1. The standard InChI is InChI=1S/C21H28N4O2.ClH/c26-21(20-10-12-25(23-20)18-8-4-11-22-14-18)24(16-19-9-5-13-27-19)15-17-6-2-1-3-7-17;/h1-3,6-7,10,12,18-19,22H,4-5,8-9,11,13-16H2;1H. The summed E-state index contributed by atoms with van der Waals surface area (Å²) in [5.41, 5.74) is 1.65. The van der Waals surface area contributed by atoms with Gasteiger partial charge in [0.2, 0.25) is 0 Å². The number of nitrogens with zero attached hydrogens (tertiary/aromatic N) is 3. The summed E-state index contributed by atoms with van der Waals surface area (Å²) in [6.07, 6.45) is 6.40. The molecule has 4 rings (SSSR count). The molecule has 1 amide bonds. The third-order valence-electron chi connectivity index (χ3n) is 5.42. The fraction of sp³-hybridized carbons (Fsp3) is 0.524. The second kappa shape index (κ2) is 10.0. The van der Waals surface area contributed by atoms with Crippen molar-refractivity contribution < 1.29 is 9.53 Å². The van der Waals surface area contributed by atoms with Crippen molar-refractivity contribution >= 4 is 18.3 Å². The molecule has 1 N–H and O–H groups in total. The Hall–Kier alpha value is -1.89. The van der Waals surface area contributed by atoms with Gasteiger partial charge >= 0.3 is 0 Å². The topological polar surface area (TPSA) is 59.4 Å². The zero-order chi connectivity index (χ0) is 18.5. The number of rotatable bonds is 6. The van der Waals surface area contributed by atoms with E-state index in [9.17, 15) is 4.79 Å². The van der Waals surface area contributed by atoms with E-state index in [2.05, 4.69) is 22.5 Å². The Bertz CT molecular complexity index is 740. The Labute approximate surface area is 172 Å². The summed E-state index contributed by atoms with van der Waals surface area (Å²) < 4.78 is 7.73. The first-order valence-corrected chi connectivity index (χ1v) is 10.0. The summed E-state index contributed by atoms with van der Waals surface area (Å²) in [6, 6.07) is 12.3. The first-order chi connectivity index (χ1) is 13.3.